The van der Waals surface area contributed by atoms with E-state index in [-0.39, 0.29) is 0 Å². The van der Waals surface area contributed by atoms with Crippen LogP contribution in [0.15, 0.2) is 15.9 Å². The van der Waals surface area contributed by atoms with Crippen molar-refractivity contribution in [3.63, 3.8) is 0 Å². The van der Waals surface area contributed by atoms with Crippen molar-refractivity contribution in [1.82, 2.24) is 5.32 Å². The zero-order chi connectivity index (χ0) is 9.52. The van der Waals surface area contributed by atoms with Crippen LogP contribution in [0.4, 0.5) is 0 Å². The highest BCUT2D eigenvalue weighted by Crippen LogP contribution is 2.22. The van der Waals surface area contributed by atoms with E-state index in [2.05, 4.69) is 40.3 Å². The molecule has 3 heteroatoms. The van der Waals surface area contributed by atoms with Crippen molar-refractivity contribution in [3.8, 4) is 0 Å². The molecule has 0 unspecified atom stereocenters. The van der Waals surface area contributed by atoms with Gasteiger partial charge in [-0.3, -0.25) is 0 Å². The van der Waals surface area contributed by atoms with Gasteiger partial charge in [-0.2, -0.15) is 0 Å². The van der Waals surface area contributed by atoms with Crippen LogP contribution in [0.25, 0.3) is 0 Å². The summed E-state index contributed by atoms with van der Waals surface area (Å²) in [6.45, 7) is 4.49. The molecular weight excluding hydrogens is 246 g/mol. The highest BCUT2D eigenvalue weighted by molar-refractivity contribution is 9.11. The van der Waals surface area contributed by atoms with E-state index < -0.39 is 0 Å². The van der Waals surface area contributed by atoms with Crippen LogP contribution in [-0.4, -0.2) is 13.1 Å². The van der Waals surface area contributed by atoms with Crippen LogP contribution in [0, 0.1) is 0 Å². The van der Waals surface area contributed by atoms with Crippen LogP contribution in [0.5, 0.6) is 0 Å². The van der Waals surface area contributed by atoms with Crippen LogP contribution >= 0.6 is 27.3 Å². The minimum atomic E-state index is 1.14. The molecule has 0 aliphatic carbocycles. The maximum absolute atomic E-state index is 3.47. The van der Waals surface area contributed by atoms with Gasteiger partial charge >= 0.3 is 0 Å². The zero-order valence-corrected chi connectivity index (χ0v) is 10.4. The summed E-state index contributed by atoms with van der Waals surface area (Å²) in [6.07, 6.45) is 3.67. The number of hydrogen-bond donors (Lipinski definition) is 1. The molecule has 0 fully saturated rings. The Morgan fingerprint density at radius 2 is 2.23 bits per heavy atom. The van der Waals surface area contributed by atoms with Gasteiger partial charge in [-0.1, -0.05) is 6.92 Å². The highest BCUT2D eigenvalue weighted by Gasteiger charge is 1.96. The van der Waals surface area contributed by atoms with Crippen molar-refractivity contribution in [2.24, 2.45) is 0 Å². The molecule has 0 radical (unpaired) electrons. The number of aryl methyl sites for hydroxylation is 1. The lowest BCUT2D eigenvalue weighted by Crippen LogP contribution is -2.16. The van der Waals surface area contributed by atoms with E-state index in [1.807, 2.05) is 11.3 Å². The fourth-order valence-electron chi connectivity index (χ4n) is 1.18. The third-order valence-corrected chi connectivity index (χ3v) is 3.52. The summed E-state index contributed by atoms with van der Waals surface area (Å²) < 4.78 is 1.24. The summed E-state index contributed by atoms with van der Waals surface area (Å²) in [5, 5.41) is 3.41. The predicted octanol–water partition coefficient (Wildman–Crippen LogP) is 3.44. The molecule has 1 aromatic heterocycles. The molecule has 0 amide bonds. The molecule has 1 heterocycles. The molecule has 0 saturated heterocycles. The first-order chi connectivity index (χ1) is 6.33. The van der Waals surface area contributed by atoms with Crippen LogP contribution < -0.4 is 5.32 Å². The van der Waals surface area contributed by atoms with Gasteiger partial charge in [-0.05, 0) is 60.4 Å². The zero-order valence-electron chi connectivity index (χ0n) is 7.98. The molecule has 0 aliphatic rings. The largest absolute Gasteiger partial charge is 0.317 e. The Bertz CT molecular complexity index is 235. The Morgan fingerprint density at radius 3 is 2.85 bits per heavy atom. The summed E-state index contributed by atoms with van der Waals surface area (Å²) in [5.74, 6) is 0. The summed E-state index contributed by atoms with van der Waals surface area (Å²) in [5.41, 5.74) is 0. The van der Waals surface area contributed by atoms with E-state index in [0.29, 0.717) is 0 Å². The second-order valence-corrected chi connectivity index (χ2v) is 5.61. The first-order valence-corrected chi connectivity index (χ1v) is 6.39. The molecule has 0 saturated carbocycles. The van der Waals surface area contributed by atoms with Crippen LogP contribution in [0.2, 0.25) is 0 Å². The van der Waals surface area contributed by atoms with Crippen LogP contribution in [0.3, 0.4) is 0 Å². The molecule has 1 rings (SSSR count). The van der Waals surface area contributed by atoms with E-state index in [9.17, 15) is 0 Å². The minimum Gasteiger partial charge on any atom is -0.317 e. The van der Waals surface area contributed by atoms with Gasteiger partial charge < -0.3 is 5.32 Å². The molecule has 0 bridgehead atoms. The third kappa shape index (κ3) is 4.79. The van der Waals surface area contributed by atoms with Crippen LogP contribution in [-0.2, 0) is 6.42 Å². The molecule has 1 N–H and O–H groups in total. The number of rotatable bonds is 6. The fourth-order valence-corrected chi connectivity index (χ4v) is 2.70. The Balaban J connectivity index is 2.06. The van der Waals surface area contributed by atoms with Gasteiger partial charge in [-0.15, -0.1) is 11.3 Å². The van der Waals surface area contributed by atoms with Crippen molar-refractivity contribution in [1.29, 1.82) is 0 Å². The predicted molar refractivity (Wildman–Crippen MR) is 63.5 cm³/mol. The Labute approximate surface area is 92.7 Å². The first-order valence-electron chi connectivity index (χ1n) is 4.78. The van der Waals surface area contributed by atoms with Gasteiger partial charge in [0.15, 0.2) is 0 Å². The monoisotopic (exact) mass is 261 g/mol. The van der Waals surface area contributed by atoms with Gasteiger partial charge in [0.1, 0.15) is 0 Å². The van der Waals surface area contributed by atoms with E-state index in [1.165, 1.54) is 27.9 Å². The van der Waals surface area contributed by atoms with E-state index in [1.54, 1.807) is 0 Å². The van der Waals surface area contributed by atoms with Gasteiger partial charge in [0, 0.05) is 4.88 Å². The Morgan fingerprint density at radius 1 is 1.38 bits per heavy atom. The minimum absolute atomic E-state index is 1.14. The summed E-state index contributed by atoms with van der Waals surface area (Å²) >= 11 is 5.31. The SMILES string of the molecule is CCCNCCCc1ccc(Br)s1. The van der Waals surface area contributed by atoms with Gasteiger partial charge in [0.2, 0.25) is 0 Å². The maximum atomic E-state index is 3.47. The van der Waals surface area contributed by atoms with Crippen LogP contribution in [0.1, 0.15) is 24.6 Å². The molecule has 1 nitrogen and oxygen atoms in total. The Kier molecular flexibility index (Phi) is 5.67. The molecule has 13 heavy (non-hydrogen) atoms. The topological polar surface area (TPSA) is 12.0 Å². The molecule has 1 aromatic rings. The maximum Gasteiger partial charge on any atom is 0.0701 e. The summed E-state index contributed by atoms with van der Waals surface area (Å²) in [6, 6.07) is 4.33. The van der Waals surface area contributed by atoms with E-state index in [0.717, 1.165) is 13.1 Å². The quantitative estimate of drug-likeness (QED) is 0.774. The Hall–Kier alpha value is 0.140. The van der Waals surface area contributed by atoms with Crippen molar-refractivity contribution >= 4 is 27.3 Å². The second kappa shape index (κ2) is 6.57. The molecule has 74 valence electrons. The fraction of sp³-hybridized carbons (Fsp3) is 0.600. The van der Waals surface area contributed by atoms with E-state index in [4.69, 9.17) is 0 Å². The molecular formula is C10H16BrNS. The van der Waals surface area contributed by atoms with Crippen molar-refractivity contribution in [2.45, 2.75) is 26.2 Å². The average Bonchev–Trinajstić information content (AvgIpc) is 2.51. The average molecular weight is 262 g/mol. The van der Waals surface area contributed by atoms with Crippen molar-refractivity contribution in [3.05, 3.63) is 20.8 Å². The lowest BCUT2D eigenvalue weighted by Gasteiger charge is -2.00. The lowest BCUT2D eigenvalue weighted by molar-refractivity contribution is 0.642. The van der Waals surface area contributed by atoms with E-state index >= 15 is 0 Å². The number of hydrogen-bond acceptors (Lipinski definition) is 2. The summed E-state index contributed by atoms with van der Waals surface area (Å²) in [7, 11) is 0. The molecule has 0 atom stereocenters. The van der Waals surface area contributed by atoms with Gasteiger partial charge in [-0.25, -0.2) is 0 Å². The molecule has 0 spiro atoms. The number of halogens is 1. The van der Waals surface area contributed by atoms with Gasteiger partial charge in [0.05, 0.1) is 3.79 Å². The standard InChI is InChI=1S/C10H16BrNS/c1-2-7-12-8-3-4-9-5-6-10(11)13-9/h5-6,12H,2-4,7-8H2,1H3. The molecule has 0 aliphatic heterocycles. The number of nitrogens with one attached hydrogen (secondary N) is 1. The smallest absolute Gasteiger partial charge is 0.0701 e. The third-order valence-electron chi connectivity index (χ3n) is 1.83. The molecule has 0 aromatic carbocycles. The highest BCUT2D eigenvalue weighted by atomic mass is 79.9. The first kappa shape index (κ1) is 11.2. The number of thiophene rings is 1. The normalized spacial score (nSPS) is 10.6. The summed E-state index contributed by atoms with van der Waals surface area (Å²) in [4.78, 5) is 1.48. The second-order valence-electron chi connectivity index (χ2n) is 3.06. The van der Waals surface area contributed by atoms with Crippen molar-refractivity contribution in [2.75, 3.05) is 13.1 Å². The van der Waals surface area contributed by atoms with Crippen molar-refractivity contribution < 1.29 is 0 Å². The lowest BCUT2D eigenvalue weighted by atomic mass is 10.2. The van der Waals surface area contributed by atoms with Gasteiger partial charge in [0.25, 0.3) is 0 Å².